The molecule has 0 unspecified atom stereocenters. The molecule has 0 aromatic heterocycles. The van der Waals surface area contributed by atoms with Crippen molar-refractivity contribution < 1.29 is 0 Å². The summed E-state index contributed by atoms with van der Waals surface area (Å²) < 4.78 is 0. The van der Waals surface area contributed by atoms with E-state index in [0.29, 0.717) is 0 Å². The first-order valence-electron chi connectivity index (χ1n) is 7.93. The van der Waals surface area contributed by atoms with Crippen LogP contribution in [-0.4, -0.2) is 6.54 Å². The van der Waals surface area contributed by atoms with Crippen molar-refractivity contribution in [2.45, 2.75) is 90.9 Å². The van der Waals surface area contributed by atoms with Gasteiger partial charge in [-0.05, 0) is 19.9 Å². The minimum Gasteiger partial charge on any atom is -0.313 e. The minimum absolute atomic E-state index is 1.16. The minimum atomic E-state index is 1.16. The van der Waals surface area contributed by atoms with Gasteiger partial charge in [-0.25, -0.2) is 0 Å². The second-order valence-corrected chi connectivity index (χ2v) is 5.13. The maximum atomic E-state index is 3.26. The normalized spacial score (nSPS) is 10.9. The van der Waals surface area contributed by atoms with Gasteiger partial charge in [0.15, 0.2) is 0 Å². The van der Waals surface area contributed by atoms with Gasteiger partial charge in [0.05, 0.1) is 0 Å². The summed E-state index contributed by atoms with van der Waals surface area (Å²) in [4.78, 5) is 0. The Morgan fingerprint density at radius 1 is 0.647 bits per heavy atom. The Kier molecular flexibility index (Phi) is 15.9. The van der Waals surface area contributed by atoms with E-state index in [4.69, 9.17) is 0 Å². The van der Waals surface area contributed by atoms with Gasteiger partial charge in [0, 0.05) is 6.54 Å². The highest BCUT2D eigenvalue weighted by Crippen LogP contribution is 2.11. The van der Waals surface area contributed by atoms with E-state index >= 15 is 0 Å². The molecule has 0 aromatic rings. The van der Waals surface area contributed by atoms with Crippen LogP contribution in [0.1, 0.15) is 90.9 Å². The Balaban J connectivity index is 2.85. The van der Waals surface area contributed by atoms with Crippen molar-refractivity contribution in [2.75, 3.05) is 6.54 Å². The van der Waals surface area contributed by atoms with Crippen molar-refractivity contribution in [3.05, 3.63) is 6.54 Å². The highest BCUT2D eigenvalue weighted by molar-refractivity contribution is 4.54. The largest absolute Gasteiger partial charge is 0.313 e. The molecule has 1 nitrogen and oxygen atoms in total. The maximum Gasteiger partial charge on any atom is 0.0190 e. The van der Waals surface area contributed by atoms with Gasteiger partial charge < -0.3 is 5.32 Å². The number of unbranched alkanes of at least 4 members (excludes halogenated alkanes) is 11. The van der Waals surface area contributed by atoms with Gasteiger partial charge in [0.2, 0.25) is 0 Å². The lowest BCUT2D eigenvalue weighted by atomic mass is 10.1. The predicted molar refractivity (Wildman–Crippen MR) is 79.1 cm³/mol. The van der Waals surface area contributed by atoms with Gasteiger partial charge in [-0.1, -0.05) is 77.6 Å². The second-order valence-electron chi connectivity index (χ2n) is 5.13. The van der Waals surface area contributed by atoms with E-state index in [1.807, 2.05) is 6.54 Å². The quantitative estimate of drug-likeness (QED) is 0.398. The molecule has 0 aliphatic heterocycles. The summed E-state index contributed by atoms with van der Waals surface area (Å²) >= 11 is 0. The van der Waals surface area contributed by atoms with Crippen molar-refractivity contribution in [1.82, 2.24) is 5.32 Å². The number of hydrogen-bond acceptors (Lipinski definition) is 1. The van der Waals surface area contributed by atoms with Gasteiger partial charge in [-0.15, -0.1) is 0 Å². The third-order valence-corrected chi connectivity index (χ3v) is 3.38. The average molecular weight is 240 g/mol. The van der Waals surface area contributed by atoms with Crippen LogP contribution in [0.2, 0.25) is 0 Å². The van der Waals surface area contributed by atoms with Gasteiger partial charge in [-0.2, -0.15) is 0 Å². The van der Waals surface area contributed by atoms with Crippen molar-refractivity contribution in [1.29, 1.82) is 0 Å². The molecule has 0 aliphatic rings. The molecule has 0 aliphatic carbocycles. The molecule has 0 atom stereocenters. The van der Waals surface area contributed by atoms with Gasteiger partial charge >= 0.3 is 0 Å². The van der Waals surface area contributed by atoms with E-state index in [2.05, 4.69) is 19.2 Å². The number of rotatable bonds is 14. The summed E-state index contributed by atoms with van der Waals surface area (Å²) in [5.74, 6) is 0. The predicted octanol–water partition coefficient (Wildman–Crippen LogP) is 5.46. The number of hydrogen-bond donors (Lipinski definition) is 1. The van der Waals surface area contributed by atoms with Crippen LogP contribution >= 0.6 is 0 Å². The molecular formula is C16H34N. The van der Waals surface area contributed by atoms with Crippen molar-refractivity contribution >= 4 is 0 Å². The lowest BCUT2D eigenvalue weighted by Gasteiger charge is -2.03. The first-order valence-corrected chi connectivity index (χ1v) is 7.93. The topological polar surface area (TPSA) is 12.0 Å². The highest BCUT2D eigenvalue weighted by Gasteiger charge is 1.93. The monoisotopic (exact) mass is 240 g/mol. The molecule has 1 heteroatoms. The third-order valence-electron chi connectivity index (χ3n) is 3.38. The molecular weight excluding hydrogens is 206 g/mol. The molecule has 0 saturated heterocycles. The first-order chi connectivity index (χ1) is 8.41. The van der Waals surface area contributed by atoms with Crippen molar-refractivity contribution in [2.24, 2.45) is 0 Å². The van der Waals surface area contributed by atoms with Crippen molar-refractivity contribution in [3.63, 3.8) is 0 Å². The molecule has 0 rings (SSSR count). The summed E-state index contributed by atoms with van der Waals surface area (Å²) in [7, 11) is 0. The SMILES string of the molecule is C[CH]NCCCCCCCCCCCCCC. The highest BCUT2D eigenvalue weighted by atomic mass is 14.8. The van der Waals surface area contributed by atoms with Crippen LogP contribution in [0, 0.1) is 6.54 Å². The molecule has 1 N–H and O–H groups in total. The van der Waals surface area contributed by atoms with Gasteiger partial charge in [0.1, 0.15) is 0 Å². The van der Waals surface area contributed by atoms with Crippen LogP contribution in [0.25, 0.3) is 0 Å². The van der Waals surface area contributed by atoms with E-state index in [1.165, 1.54) is 77.0 Å². The molecule has 0 amide bonds. The molecule has 0 bridgehead atoms. The molecule has 0 spiro atoms. The summed E-state index contributed by atoms with van der Waals surface area (Å²) in [6.07, 6.45) is 17.2. The Morgan fingerprint density at radius 3 is 1.47 bits per heavy atom. The van der Waals surface area contributed by atoms with E-state index in [0.717, 1.165) is 6.54 Å². The molecule has 1 radical (unpaired) electrons. The lowest BCUT2D eigenvalue weighted by Crippen LogP contribution is -2.08. The fourth-order valence-electron chi connectivity index (χ4n) is 2.21. The summed E-state index contributed by atoms with van der Waals surface area (Å²) in [5.41, 5.74) is 0. The Morgan fingerprint density at radius 2 is 1.06 bits per heavy atom. The van der Waals surface area contributed by atoms with Crippen LogP contribution in [0.3, 0.4) is 0 Å². The molecule has 0 heterocycles. The molecule has 0 aromatic carbocycles. The Labute approximate surface area is 110 Å². The zero-order chi connectivity index (χ0) is 12.6. The third kappa shape index (κ3) is 16.0. The van der Waals surface area contributed by atoms with Crippen LogP contribution in [0.5, 0.6) is 0 Å². The Hall–Kier alpha value is -0.0400. The molecule has 0 saturated carbocycles. The molecule has 103 valence electrons. The molecule has 17 heavy (non-hydrogen) atoms. The van der Waals surface area contributed by atoms with Crippen molar-refractivity contribution in [3.8, 4) is 0 Å². The van der Waals surface area contributed by atoms with Crippen LogP contribution in [-0.2, 0) is 0 Å². The summed E-state index contributed by atoms with van der Waals surface area (Å²) in [6.45, 7) is 7.54. The maximum absolute atomic E-state index is 3.26. The second kappa shape index (κ2) is 16.0. The van der Waals surface area contributed by atoms with E-state index in [1.54, 1.807) is 0 Å². The summed E-state index contributed by atoms with van der Waals surface area (Å²) in [6, 6.07) is 0. The fourth-order valence-corrected chi connectivity index (χ4v) is 2.21. The van der Waals surface area contributed by atoms with E-state index in [-0.39, 0.29) is 0 Å². The average Bonchev–Trinajstić information content (AvgIpc) is 2.35. The standard InChI is InChI=1S/C16H34N/c1-3-5-6-7-8-9-10-11-12-13-14-15-16-17-4-2/h4,17H,3,5-16H2,1-2H3. The van der Waals surface area contributed by atoms with E-state index < -0.39 is 0 Å². The van der Waals surface area contributed by atoms with Gasteiger partial charge in [0.25, 0.3) is 0 Å². The smallest absolute Gasteiger partial charge is 0.0190 e. The van der Waals surface area contributed by atoms with Gasteiger partial charge in [-0.3, -0.25) is 0 Å². The zero-order valence-electron chi connectivity index (χ0n) is 12.3. The van der Waals surface area contributed by atoms with Crippen LogP contribution in [0.15, 0.2) is 0 Å². The fraction of sp³-hybridized carbons (Fsp3) is 0.938. The zero-order valence-corrected chi connectivity index (χ0v) is 12.3. The van der Waals surface area contributed by atoms with Crippen LogP contribution < -0.4 is 5.32 Å². The summed E-state index contributed by atoms with van der Waals surface area (Å²) in [5, 5.41) is 3.26. The lowest BCUT2D eigenvalue weighted by molar-refractivity contribution is 0.541. The van der Waals surface area contributed by atoms with E-state index in [9.17, 15) is 0 Å². The first kappa shape index (κ1) is 17.0. The molecule has 0 fully saturated rings. The Bertz CT molecular complexity index is 109. The number of nitrogens with one attached hydrogen (secondary N) is 1. The van der Waals surface area contributed by atoms with Crippen LogP contribution in [0.4, 0.5) is 0 Å².